The van der Waals surface area contributed by atoms with Crippen LogP contribution in [0.15, 0.2) is 18.2 Å². The largest absolute Gasteiger partial charge is 0.316 e. The Labute approximate surface area is 122 Å². The summed E-state index contributed by atoms with van der Waals surface area (Å²) in [7, 11) is 0. The Bertz CT molecular complexity index is 520. The van der Waals surface area contributed by atoms with Crippen molar-refractivity contribution in [2.75, 3.05) is 19.6 Å². The number of nitrogens with zero attached hydrogens (tertiary/aromatic N) is 1. The molecule has 2 unspecified atom stereocenters. The third kappa shape index (κ3) is 1.93. The zero-order valence-corrected chi connectivity index (χ0v) is 12.8. The highest BCUT2D eigenvalue weighted by atomic mass is 15.2. The zero-order chi connectivity index (χ0) is 13.7. The van der Waals surface area contributed by atoms with Gasteiger partial charge in [0.2, 0.25) is 0 Å². The Morgan fingerprint density at radius 1 is 1.20 bits per heavy atom. The van der Waals surface area contributed by atoms with Crippen molar-refractivity contribution in [3.8, 4) is 0 Å². The van der Waals surface area contributed by atoms with Crippen LogP contribution in [0.3, 0.4) is 0 Å². The first-order chi connectivity index (χ1) is 9.64. The van der Waals surface area contributed by atoms with Gasteiger partial charge >= 0.3 is 0 Å². The van der Waals surface area contributed by atoms with E-state index >= 15 is 0 Å². The average Bonchev–Trinajstić information content (AvgIpc) is 3.08. The molecule has 2 saturated heterocycles. The molecule has 0 amide bonds. The van der Waals surface area contributed by atoms with E-state index in [2.05, 4.69) is 42.3 Å². The molecule has 20 heavy (non-hydrogen) atoms. The Morgan fingerprint density at radius 2 is 2.05 bits per heavy atom. The molecule has 4 rings (SSSR count). The average molecular weight is 270 g/mol. The highest BCUT2D eigenvalue weighted by Gasteiger charge is 2.49. The van der Waals surface area contributed by atoms with E-state index in [1.165, 1.54) is 44.5 Å². The lowest BCUT2D eigenvalue weighted by molar-refractivity contribution is 0.132. The summed E-state index contributed by atoms with van der Waals surface area (Å²) < 4.78 is 0. The van der Waals surface area contributed by atoms with Crippen LogP contribution in [0.25, 0.3) is 0 Å². The minimum atomic E-state index is 0.340. The first-order valence-corrected chi connectivity index (χ1v) is 8.21. The van der Waals surface area contributed by atoms with Crippen molar-refractivity contribution in [3.05, 3.63) is 34.9 Å². The van der Waals surface area contributed by atoms with E-state index in [0.717, 1.165) is 18.4 Å². The van der Waals surface area contributed by atoms with Gasteiger partial charge in [0, 0.05) is 25.2 Å². The first-order valence-electron chi connectivity index (χ1n) is 8.21. The zero-order valence-electron chi connectivity index (χ0n) is 12.8. The van der Waals surface area contributed by atoms with E-state index in [1.807, 2.05) is 0 Å². The fraction of sp³-hybridized carbons (Fsp3) is 0.667. The van der Waals surface area contributed by atoms with Gasteiger partial charge in [0.15, 0.2) is 0 Å². The summed E-state index contributed by atoms with van der Waals surface area (Å²) in [6, 6.07) is 7.22. The Balaban J connectivity index is 1.54. The molecule has 0 radical (unpaired) electrons. The van der Waals surface area contributed by atoms with Crippen molar-refractivity contribution in [2.24, 2.45) is 11.8 Å². The highest BCUT2D eigenvalue weighted by Crippen LogP contribution is 2.41. The number of nitrogens with one attached hydrogen (secondary N) is 1. The summed E-state index contributed by atoms with van der Waals surface area (Å²) in [4.78, 5) is 2.72. The van der Waals surface area contributed by atoms with E-state index in [0.29, 0.717) is 5.54 Å². The lowest BCUT2D eigenvalue weighted by atomic mass is 9.85. The number of aryl methyl sites for hydroxylation is 2. The number of benzene rings is 1. The maximum Gasteiger partial charge on any atom is 0.0239 e. The molecule has 2 fully saturated rings. The smallest absolute Gasteiger partial charge is 0.0239 e. The molecule has 2 heteroatoms. The topological polar surface area (TPSA) is 15.3 Å². The molecule has 2 nitrogen and oxygen atoms in total. The second-order valence-corrected chi connectivity index (χ2v) is 7.52. The summed E-state index contributed by atoms with van der Waals surface area (Å²) in [5.41, 5.74) is 5.07. The Kier molecular flexibility index (Phi) is 2.94. The van der Waals surface area contributed by atoms with Crippen LogP contribution < -0.4 is 5.32 Å². The normalized spacial score (nSPS) is 31.5. The molecule has 0 saturated carbocycles. The first kappa shape index (κ1) is 12.8. The monoisotopic (exact) mass is 270 g/mol. The predicted octanol–water partition coefficient (Wildman–Crippen LogP) is 2.61. The number of likely N-dealkylation sites (tertiary alicyclic amines) is 1. The summed E-state index contributed by atoms with van der Waals surface area (Å²) in [5, 5.41) is 3.57. The van der Waals surface area contributed by atoms with Crippen molar-refractivity contribution < 1.29 is 0 Å². The fourth-order valence-electron chi connectivity index (χ4n) is 4.72. The van der Waals surface area contributed by atoms with Crippen molar-refractivity contribution in [1.29, 1.82) is 0 Å². The van der Waals surface area contributed by atoms with Gasteiger partial charge in [-0.05, 0) is 68.2 Å². The lowest BCUT2D eigenvalue weighted by Gasteiger charge is -2.35. The van der Waals surface area contributed by atoms with Crippen molar-refractivity contribution in [1.82, 2.24) is 10.2 Å². The van der Waals surface area contributed by atoms with Crippen LogP contribution in [-0.2, 0) is 19.4 Å². The van der Waals surface area contributed by atoms with Crippen LogP contribution >= 0.6 is 0 Å². The number of fused-ring (bicyclic) bond motifs is 2. The van der Waals surface area contributed by atoms with Crippen LogP contribution in [-0.4, -0.2) is 30.1 Å². The molecule has 2 aliphatic heterocycles. The second kappa shape index (κ2) is 4.57. The molecule has 1 aromatic rings. The van der Waals surface area contributed by atoms with E-state index in [9.17, 15) is 0 Å². The minimum absolute atomic E-state index is 0.340. The molecule has 1 aromatic carbocycles. The second-order valence-electron chi connectivity index (χ2n) is 7.52. The number of rotatable bonds is 2. The van der Waals surface area contributed by atoms with Crippen LogP contribution in [0.4, 0.5) is 0 Å². The van der Waals surface area contributed by atoms with Crippen LogP contribution in [0.2, 0.25) is 0 Å². The summed E-state index contributed by atoms with van der Waals surface area (Å²) >= 11 is 0. The summed E-state index contributed by atoms with van der Waals surface area (Å²) in [6.07, 6.45) is 3.94. The standard InChI is InChI=1S/C18H26N2/c1-18(2)17-10-19-9-16(17)12-20(18)11-13-6-7-14-4-3-5-15(14)8-13/h6-8,16-17,19H,3-5,9-12H2,1-2H3. The maximum atomic E-state index is 3.57. The van der Waals surface area contributed by atoms with Crippen molar-refractivity contribution >= 4 is 0 Å². The molecule has 2 heterocycles. The van der Waals surface area contributed by atoms with Gasteiger partial charge in [0.05, 0.1) is 0 Å². The van der Waals surface area contributed by atoms with E-state index < -0.39 is 0 Å². The Hall–Kier alpha value is -0.860. The quantitative estimate of drug-likeness (QED) is 0.888. The summed E-state index contributed by atoms with van der Waals surface area (Å²) in [5.74, 6) is 1.69. The van der Waals surface area contributed by atoms with E-state index in [4.69, 9.17) is 0 Å². The van der Waals surface area contributed by atoms with Crippen molar-refractivity contribution in [2.45, 2.75) is 45.2 Å². The molecule has 0 spiro atoms. The molecular weight excluding hydrogens is 244 g/mol. The third-order valence-corrected chi connectivity index (χ3v) is 6.05. The molecule has 0 bridgehead atoms. The van der Waals surface area contributed by atoms with Crippen LogP contribution in [0.1, 0.15) is 37.0 Å². The van der Waals surface area contributed by atoms with E-state index in [1.54, 1.807) is 11.1 Å². The van der Waals surface area contributed by atoms with Crippen LogP contribution in [0, 0.1) is 11.8 Å². The van der Waals surface area contributed by atoms with Gasteiger partial charge in [-0.25, -0.2) is 0 Å². The fourth-order valence-corrected chi connectivity index (χ4v) is 4.72. The SMILES string of the molecule is CC1(C)C2CNCC2CN1Cc1ccc2c(c1)CCC2. The number of hydrogen-bond acceptors (Lipinski definition) is 2. The molecule has 2 atom stereocenters. The highest BCUT2D eigenvalue weighted by molar-refractivity contribution is 5.35. The van der Waals surface area contributed by atoms with Gasteiger partial charge in [-0.1, -0.05) is 18.2 Å². The van der Waals surface area contributed by atoms with Crippen molar-refractivity contribution in [3.63, 3.8) is 0 Å². The molecule has 1 aliphatic carbocycles. The predicted molar refractivity (Wildman–Crippen MR) is 82.8 cm³/mol. The molecular formula is C18H26N2. The van der Waals surface area contributed by atoms with Crippen LogP contribution in [0.5, 0.6) is 0 Å². The maximum absolute atomic E-state index is 3.57. The summed E-state index contributed by atoms with van der Waals surface area (Å²) in [6.45, 7) is 9.71. The molecule has 3 aliphatic rings. The lowest BCUT2D eigenvalue weighted by Crippen LogP contribution is -2.43. The Morgan fingerprint density at radius 3 is 2.90 bits per heavy atom. The molecule has 0 aromatic heterocycles. The molecule has 108 valence electrons. The third-order valence-electron chi connectivity index (χ3n) is 6.05. The van der Waals surface area contributed by atoms with Gasteiger partial charge in [-0.3, -0.25) is 4.90 Å². The molecule has 1 N–H and O–H groups in total. The van der Waals surface area contributed by atoms with Gasteiger partial charge in [-0.15, -0.1) is 0 Å². The van der Waals surface area contributed by atoms with Gasteiger partial charge in [0.1, 0.15) is 0 Å². The minimum Gasteiger partial charge on any atom is -0.316 e. The van der Waals surface area contributed by atoms with E-state index in [-0.39, 0.29) is 0 Å². The van der Waals surface area contributed by atoms with Gasteiger partial charge in [0.25, 0.3) is 0 Å². The number of hydrogen-bond donors (Lipinski definition) is 1. The van der Waals surface area contributed by atoms with Gasteiger partial charge < -0.3 is 5.32 Å². The van der Waals surface area contributed by atoms with Gasteiger partial charge in [-0.2, -0.15) is 0 Å².